The van der Waals surface area contributed by atoms with Gasteiger partial charge in [-0.25, -0.2) is 0 Å². The summed E-state index contributed by atoms with van der Waals surface area (Å²) in [6.45, 7) is 6.32. The topological polar surface area (TPSA) is 46.3 Å². The van der Waals surface area contributed by atoms with Gasteiger partial charge < -0.3 is 5.73 Å². The minimum absolute atomic E-state index is 0.205. The number of likely N-dealkylation sites (tertiary alicyclic amines) is 1. The average molecular weight is 232 g/mol. The van der Waals surface area contributed by atoms with Crippen LogP contribution in [0.25, 0.3) is 0 Å². The average Bonchev–Trinajstić information content (AvgIpc) is 2.63. The molecule has 1 aromatic carbocycles. The van der Waals surface area contributed by atoms with Crippen molar-refractivity contribution in [1.82, 2.24) is 4.90 Å². The Labute approximate surface area is 103 Å². The van der Waals surface area contributed by atoms with Gasteiger partial charge in [-0.05, 0) is 25.8 Å². The second kappa shape index (κ2) is 4.98. The molecule has 3 heteroatoms. The standard InChI is InChI=1S/C14H20N2O/c1-10-3-4-13(11(2)7-10)14(17)9-16-6-5-12(15)8-16/h3-4,7,12H,5-6,8-9,15H2,1-2H3/t12-/m1/s1. The van der Waals surface area contributed by atoms with Crippen molar-refractivity contribution in [1.29, 1.82) is 0 Å². The first-order chi connectivity index (χ1) is 8.06. The van der Waals surface area contributed by atoms with Crippen LogP contribution < -0.4 is 5.73 Å². The van der Waals surface area contributed by atoms with Gasteiger partial charge in [0.2, 0.25) is 0 Å². The maximum absolute atomic E-state index is 12.2. The maximum atomic E-state index is 12.2. The lowest BCUT2D eigenvalue weighted by Gasteiger charge is -2.15. The van der Waals surface area contributed by atoms with Gasteiger partial charge in [-0.2, -0.15) is 0 Å². The Morgan fingerprint density at radius 1 is 1.47 bits per heavy atom. The van der Waals surface area contributed by atoms with Gasteiger partial charge in [0, 0.05) is 24.7 Å². The van der Waals surface area contributed by atoms with E-state index in [-0.39, 0.29) is 11.8 Å². The molecule has 0 spiro atoms. The first kappa shape index (κ1) is 12.3. The fraction of sp³-hybridized carbons (Fsp3) is 0.500. The molecule has 1 saturated heterocycles. The molecule has 0 radical (unpaired) electrons. The first-order valence-corrected chi connectivity index (χ1v) is 6.14. The second-order valence-corrected chi connectivity index (χ2v) is 5.03. The number of hydrogen-bond acceptors (Lipinski definition) is 3. The summed E-state index contributed by atoms with van der Waals surface area (Å²) in [6.07, 6.45) is 1.00. The summed E-state index contributed by atoms with van der Waals surface area (Å²) >= 11 is 0. The first-order valence-electron chi connectivity index (χ1n) is 6.14. The number of benzene rings is 1. The molecule has 0 unspecified atom stereocenters. The molecule has 1 fully saturated rings. The molecule has 2 rings (SSSR count). The molecule has 0 amide bonds. The van der Waals surface area contributed by atoms with Gasteiger partial charge in [0.1, 0.15) is 0 Å². The molecule has 17 heavy (non-hydrogen) atoms. The van der Waals surface area contributed by atoms with Crippen LogP contribution in [-0.4, -0.2) is 36.4 Å². The summed E-state index contributed by atoms with van der Waals surface area (Å²) in [5, 5.41) is 0. The largest absolute Gasteiger partial charge is 0.326 e. The monoisotopic (exact) mass is 232 g/mol. The zero-order valence-corrected chi connectivity index (χ0v) is 10.6. The lowest BCUT2D eigenvalue weighted by Crippen LogP contribution is -2.31. The third-order valence-corrected chi connectivity index (χ3v) is 3.36. The Morgan fingerprint density at radius 2 is 2.24 bits per heavy atom. The maximum Gasteiger partial charge on any atom is 0.177 e. The van der Waals surface area contributed by atoms with E-state index in [1.54, 1.807) is 0 Å². The van der Waals surface area contributed by atoms with Crippen LogP contribution in [-0.2, 0) is 0 Å². The fourth-order valence-electron chi connectivity index (χ4n) is 2.42. The van der Waals surface area contributed by atoms with Gasteiger partial charge in [-0.3, -0.25) is 9.69 Å². The van der Waals surface area contributed by atoms with Crippen molar-refractivity contribution in [2.75, 3.05) is 19.6 Å². The lowest BCUT2D eigenvalue weighted by molar-refractivity contribution is 0.0944. The van der Waals surface area contributed by atoms with Crippen LogP contribution in [0.1, 0.15) is 27.9 Å². The summed E-state index contributed by atoms with van der Waals surface area (Å²) in [5.74, 6) is 0.205. The third-order valence-electron chi connectivity index (χ3n) is 3.36. The number of carbonyl (C=O) groups is 1. The van der Waals surface area contributed by atoms with E-state index in [9.17, 15) is 4.79 Å². The van der Waals surface area contributed by atoms with Crippen LogP contribution in [0, 0.1) is 13.8 Å². The molecular weight excluding hydrogens is 212 g/mol. The van der Waals surface area contributed by atoms with Crippen molar-refractivity contribution in [3.8, 4) is 0 Å². The molecule has 1 aliphatic rings. The van der Waals surface area contributed by atoms with Gasteiger partial charge in [0.05, 0.1) is 6.54 Å². The Hall–Kier alpha value is -1.19. The Morgan fingerprint density at radius 3 is 2.82 bits per heavy atom. The third kappa shape index (κ3) is 2.93. The molecule has 3 nitrogen and oxygen atoms in total. The van der Waals surface area contributed by atoms with Crippen molar-refractivity contribution < 1.29 is 4.79 Å². The highest BCUT2D eigenvalue weighted by atomic mass is 16.1. The number of aryl methyl sites for hydroxylation is 2. The van der Waals surface area contributed by atoms with Crippen molar-refractivity contribution in [3.05, 3.63) is 34.9 Å². The summed E-state index contributed by atoms with van der Waals surface area (Å²) in [5.41, 5.74) is 8.94. The van der Waals surface area contributed by atoms with Crippen molar-refractivity contribution in [2.45, 2.75) is 26.3 Å². The van der Waals surface area contributed by atoms with E-state index in [0.717, 1.165) is 30.6 Å². The Balaban J connectivity index is 2.04. The van der Waals surface area contributed by atoms with E-state index in [2.05, 4.69) is 11.0 Å². The minimum atomic E-state index is 0.205. The zero-order chi connectivity index (χ0) is 12.4. The molecule has 0 bridgehead atoms. The van der Waals surface area contributed by atoms with Crippen LogP contribution >= 0.6 is 0 Å². The number of Topliss-reactive ketones (excluding diaryl/α,β-unsaturated/α-hetero) is 1. The van der Waals surface area contributed by atoms with E-state index in [1.165, 1.54) is 5.56 Å². The Bertz CT molecular complexity index is 428. The minimum Gasteiger partial charge on any atom is -0.326 e. The molecule has 0 aliphatic carbocycles. The number of ketones is 1. The van der Waals surface area contributed by atoms with E-state index < -0.39 is 0 Å². The number of hydrogen-bond donors (Lipinski definition) is 1. The van der Waals surface area contributed by atoms with Crippen LogP contribution in [0.3, 0.4) is 0 Å². The summed E-state index contributed by atoms with van der Waals surface area (Å²) < 4.78 is 0. The number of nitrogens with two attached hydrogens (primary N) is 1. The quantitative estimate of drug-likeness (QED) is 0.804. The van der Waals surface area contributed by atoms with E-state index in [4.69, 9.17) is 5.73 Å². The van der Waals surface area contributed by atoms with Crippen molar-refractivity contribution >= 4 is 5.78 Å². The number of nitrogens with zero attached hydrogens (tertiary/aromatic N) is 1. The van der Waals surface area contributed by atoms with Gasteiger partial charge in [0.15, 0.2) is 5.78 Å². The predicted octanol–water partition coefficient (Wildman–Crippen LogP) is 1.52. The molecule has 0 saturated carbocycles. The molecule has 1 aromatic rings. The fourth-order valence-corrected chi connectivity index (χ4v) is 2.42. The lowest BCUT2D eigenvalue weighted by atomic mass is 10.0. The van der Waals surface area contributed by atoms with Gasteiger partial charge in [-0.1, -0.05) is 23.8 Å². The molecule has 0 aromatic heterocycles. The summed E-state index contributed by atoms with van der Waals surface area (Å²) in [4.78, 5) is 14.3. The van der Waals surface area contributed by atoms with E-state index >= 15 is 0 Å². The van der Waals surface area contributed by atoms with Gasteiger partial charge in [-0.15, -0.1) is 0 Å². The summed E-state index contributed by atoms with van der Waals surface area (Å²) in [7, 11) is 0. The van der Waals surface area contributed by atoms with Crippen LogP contribution in [0.2, 0.25) is 0 Å². The second-order valence-electron chi connectivity index (χ2n) is 5.03. The zero-order valence-electron chi connectivity index (χ0n) is 10.6. The summed E-state index contributed by atoms with van der Waals surface area (Å²) in [6, 6.07) is 6.23. The highest BCUT2D eigenvalue weighted by molar-refractivity contribution is 5.99. The molecule has 1 atom stereocenters. The van der Waals surface area contributed by atoms with Crippen LogP contribution in [0.5, 0.6) is 0 Å². The molecule has 92 valence electrons. The van der Waals surface area contributed by atoms with Crippen molar-refractivity contribution in [2.24, 2.45) is 5.73 Å². The number of carbonyl (C=O) groups excluding carboxylic acids is 1. The van der Waals surface area contributed by atoms with E-state index in [1.807, 2.05) is 26.0 Å². The highest BCUT2D eigenvalue weighted by Crippen LogP contribution is 2.13. The molecule has 1 heterocycles. The molecule has 1 aliphatic heterocycles. The smallest absolute Gasteiger partial charge is 0.177 e. The number of rotatable bonds is 3. The predicted molar refractivity (Wildman–Crippen MR) is 69.3 cm³/mol. The SMILES string of the molecule is Cc1ccc(C(=O)CN2CC[C@@H](N)C2)c(C)c1. The van der Waals surface area contributed by atoms with Gasteiger partial charge in [0.25, 0.3) is 0 Å². The molecular formula is C14H20N2O. The highest BCUT2D eigenvalue weighted by Gasteiger charge is 2.21. The van der Waals surface area contributed by atoms with Gasteiger partial charge >= 0.3 is 0 Å². The van der Waals surface area contributed by atoms with E-state index in [0.29, 0.717) is 6.54 Å². The van der Waals surface area contributed by atoms with Crippen LogP contribution in [0.4, 0.5) is 0 Å². The normalized spacial score (nSPS) is 20.8. The van der Waals surface area contributed by atoms with Crippen molar-refractivity contribution in [3.63, 3.8) is 0 Å². The Kier molecular flexibility index (Phi) is 3.60. The van der Waals surface area contributed by atoms with Crippen LogP contribution in [0.15, 0.2) is 18.2 Å². The molecule has 2 N–H and O–H groups in total.